The van der Waals surface area contributed by atoms with Crippen LogP contribution in [0, 0.1) is 6.92 Å². The van der Waals surface area contributed by atoms with Crippen molar-refractivity contribution in [2.75, 3.05) is 0 Å². The highest BCUT2D eigenvalue weighted by molar-refractivity contribution is 5.74. The van der Waals surface area contributed by atoms with Gasteiger partial charge < -0.3 is 0 Å². The molecule has 0 fully saturated rings. The van der Waals surface area contributed by atoms with Crippen LogP contribution in [0.15, 0.2) is 43.3 Å². The van der Waals surface area contributed by atoms with Crippen molar-refractivity contribution in [3.63, 3.8) is 0 Å². The molecule has 0 N–H and O–H groups in total. The van der Waals surface area contributed by atoms with Crippen molar-refractivity contribution in [2.45, 2.75) is 13.8 Å². The number of hydrogen-bond donors (Lipinski definition) is 0. The van der Waals surface area contributed by atoms with Gasteiger partial charge in [0.15, 0.2) is 0 Å². The summed E-state index contributed by atoms with van der Waals surface area (Å²) in [6.07, 6.45) is 11.3. The Morgan fingerprint density at radius 2 is 2.00 bits per heavy atom. The molecule has 0 aromatic carbocycles. The fourth-order valence-electron chi connectivity index (χ4n) is 1.10. The van der Waals surface area contributed by atoms with E-state index in [1.165, 1.54) is 0 Å². The van der Waals surface area contributed by atoms with E-state index in [0.29, 0.717) is 0 Å². The average Bonchev–Trinajstić information content (AvgIpc) is 2.19. The summed E-state index contributed by atoms with van der Waals surface area (Å²) in [6.45, 7) is 7.52. The van der Waals surface area contributed by atoms with E-state index >= 15 is 0 Å². The molecule has 1 aromatic heterocycles. The van der Waals surface area contributed by atoms with Gasteiger partial charge in [-0.25, -0.2) is 9.97 Å². The number of aromatic nitrogens is 2. The quantitative estimate of drug-likeness (QED) is 0.678. The van der Waals surface area contributed by atoms with Gasteiger partial charge in [-0.3, -0.25) is 0 Å². The van der Waals surface area contributed by atoms with Crippen LogP contribution in [-0.2, 0) is 0 Å². The van der Waals surface area contributed by atoms with Crippen LogP contribution in [0.3, 0.4) is 0 Å². The molecule has 1 rings (SSSR count). The number of hydrogen-bond acceptors (Lipinski definition) is 2. The Hall–Kier alpha value is -1.70. The zero-order chi connectivity index (χ0) is 10.4. The molecule has 72 valence electrons. The van der Waals surface area contributed by atoms with Crippen LogP contribution in [0.2, 0.25) is 0 Å². The Labute approximate surface area is 84.7 Å². The fourth-order valence-corrected chi connectivity index (χ4v) is 1.10. The Balaban J connectivity index is 3.05. The summed E-state index contributed by atoms with van der Waals surface area (Å²) in [7, 11) is 0. The number of aryl methyl sites for hydroxylation is 1. The Kier molecular flexibility index (Phi) is 3.80. The van der Waals surface area contributed by atoms with Gasteiger partial charge >= 0.3 is 0 Å². The first-order valence-corrected chi connectivity index (χ1v) is 4.52. The molecule has 0 aliphatic carbocycles. The minimum Gasteiger partial charge on any atom is -0.241 e. The first kappa shape index (κ1) is 10.4. The number of rotatable bonds is 3. The first-order chi connectivity index (χ1) is 6.77. The highest BCUT2D eigenvalue weighted by Crippen LogP contribution is 2.13. The van der Waals surface area contributed by atoms with Crippen molar-refractivity contribution in [3.8, 4) is 0 Å². The Morgan fingerprint density at radius 1 is 1.36 bits per heavy atom. The second-order valence-electron chi connectivity index (χ2n) is 2.88. The van der Waals surface area contributed by atoms with Gasteiger partial charge in [-0.15, -0.1) is 0 Å². The molecule has 1 aromatic rings. The molecule has 0 saturated carbocycles. The Morgan fingerprint density at radius 3 is 2.50 bits per heavy atom. The van der Waals surface area contributed by atoms with Crippen molar-refractivity contribution in [2.24, 2.45) is 0 Å². The maximum Gasteiger partial charge on any atom is 0.125 e. The maximum atomic E-state index is 4.14. The van der Waals surface area contributed by atoms with Crippen LogP contribution < -0.4 is 0 Å². The van der Waals surface area contributed by atoms with E-state index in [1.807, 2.05) is 44.5 Å². The van der Waals surface area contributed by atoms with E-state index in [4.69, 9.17) is 0 Å². The smallest absolute Gasteiger partial charge is 0.125 e. The topological polar surface area (TPSA) is 25.8 Å². The second-order valence-corrected chi connectivity index (χ2v) is 2.88. The lowest BCUT2D eigenvalue weighted by Gasteiger charge is -2.00. The van der Waals surface area contributed by atoms with Crippen LogP contribution in [0.5, 0.6) is 0 Å². The molecule has 0 bridgehead atoms. The van der Waals surface area contributed by atoms with Crippen molar-refractivity contribution < 1.29 is 0 Å². The van der Waals surface area contributed by atoms with Gasteiger partial charge in [-0.1, -0.05) is 30.9 Å². The van der Waals surface area contributed by atoms with Gasteiger partial charge in [-0.2, -0.15) is 0 Å². The lowest BCUT2D eigenvalue weighted by molar-refractivity contribution is 1.05. The molecule has 0 atom stereocenters. The summed E-state index contributed by atoms with van der Waals surface area (Å²) < 4.78 is 0. The highest BCUT2D eigenvalue weighted by Gasteiger charge is 1.97. The molecule has 14 heavy (non-hydrogen) atoms. The maximum absolute atomic E-state index is 4.14. The summed E-state index contributed by atoms with van der Waals surface area (Å²) in [6, 6.07) is 0. The molecule has 0 radical (unpaired) electrons. The largest absolute Gasteiger partial charge is 0.241 e. The van der Waals surface area contributed by atoms with E-state index < -0.39 is 0 Å². The molecular formula is C12H14N2. The molecule has 2 heteroatoms. The van der Waals surface area contributed by atoms with Crippen molar-refractivity contribution in [1.82, 2.24) is 9.97 Å². The molecule has 0 aliphatic rings. The highest BCUT2D eigenvalue weighted by atomic mass is 14.8. The van der Waals surface area contributed by atoms with Crippen molar-refractivity contribution >= 4 is 5.57 Å². The fraction of sp³-hybridized carbons (Fsp3) is 0.167. The van der Waals surface area contributed by atoms with Gasteiger partial charge in [0.1, 0.15) is 5.82 Å². The normalized spacial score (nSPS) is 12.0. The summed E-state index contributed by atoms with van der Waals surface area (Å²) in [5, 5.41) is 0. The molecule has 0 aliphatic heterocycles. The standard InChI is InChI=1S/C12H14N2/c1-4-6-11(7-5-2)12-8-13-10(3)14-9-12/h4-9H,1H2,2-3H3/b7-5-,11-6+. The first-order valence-electron chi connectivity index (χ1n) is 4.52. The zero-order valence-electron chi connectivity index (χ0n) is 8.57. The minimum absolute atomic E-state index is 0.784. The molecule has 0 amide bonds. The number of allylic oxidation sites excluding steroid dienone is 5. The molecular weight excluding hydrogens is 172 g/mol. The summed E-state index contributed by atoms with van der Waals surface area (Å²) >= 11 is 0. The van der Waals surface area contributed by atoms with Crippen LogP contribution in [-0.4, -0.2) is 9.97 Å². The molecule has 0 spiro atoms. The van der Waals surface area contributed by atoms with E-state index in [0.717, 1.165) is 17.0 Å². The van der Waals surface area contributed by atoms with Gasteiger partial charge in [0.05, 0.1) is 0 Å². The lowest BCUT2D eigenvalue weighted by atomic mass is 10.1. The summed E-state index contributed by atoms with van der Waals surface area (Å²) in [4.78, 5) is 8.29. The monoisotopic (exact) mass is 186 g/mol. The van der Waals surface area contributed by atoms with E-state index in [1.54, 1.807) is 6.08 Å². The summed E-state index contributed by atoms with van der Waals surface area (Å²) in [5.41, 5.74) is 2.08. The Bertz CT molecular complexity index is 358. The molecule has 0 unspecified atom stereocenters. The van der Waals surface area contributed by atoms with E-state index in [9.17, 15) is 0 Å². The lowest BCUT2D eigenvalue weighted by Crippen LogP contribution is -1.89. The third-order valence-corrected chi connectivity index (χ3v) is 1.76. The van der Waals surface area contributed by atoms with E-state index in [2.05, 4.69) is 16.5 Å². The van der Waals surface area contributed by atoms with Crippen LogP contribution in [0.4, 0.5) is 0 Å². The average molecular weight is 186 g/mol. The predicted molar refractivity (Wildman–Crippen MR) is 59.8 cm³/mol. The van der Waals surface area contributed by atoms with Crippen molar-refractivity contribution in [3.05, 3.63) is 54.7 Å². The van der Waals surface area contributed by atoms with Gasteiger partial charge in [0.2, 0.25) is 0 Å². The van der Waals surface area contributed by atoms with Crippen LogP contribution in [0.25, 0.3) is 5.57 Å². The third-order valence-electron chi connectivity index (χ3n) is 1.76. The third kappa shape index (κ3) is 2.66. The van der Waals surface area contributed by atoms with E-state index in [-0.39, 0.29) is 0 Å². The molecule has 2 nitrogen and oxygen atoms in total. The van der Waals surface area contributed by atoms with Crippen LogP contribution in [0.1, 0.15) is 18.3 Å². The minimum atomic E-state index is 0.784. The van der Waals surface area contributed by atoms with Crippen LogP contribution >= 0.6 is 0 Å². The number of nitrogens with zero attached hydrogens (tertiary/aromatic N) is 2. The predicted octanol–water partition coefficient (Wildman–Crippen LogP) is 2.93. The molecule has 1 heterocycles. The molecule has 0 saturated heterocycles. The SMILES string of the molecule is C=C/C=C(\C=C/C)c1cnc(C)nc1. The van der Waals surface area contributed by atoms with Gasteiger partial charge in [0, 0.05) is 18.0 Å². The second kappa shape index (κ2) is 5.12. The summed E-state index contributed by atoms with van der Waals surface area (Å²) in [5.74, 6) is 0.784. The van der Waals surface area contributed by atoms with Crippen molar-refractivity contribution in [1.29, 1.82) is 0 Å². The zero-order valence-corrected chi connectivity index (χ0v) is 8.57. The van der Waals surface area contributed by atoms with Gasteiger partial charge in [0.25, 0.3) is 0 Å². The van der Waals surface area contributed by atoms with Gasteiger partial charge in [-0.05, 0) is 19.4 Å².